The van der Waals surface area contributed by atoms with Gasteiger partial charge in [0.25, 0.3) is 0 Å². The van der Waals surface area contributed by atoms with Gasteiger partial charge in [0.1, 0.15) is 0 Å². The molecule has 1 aliphatic heterocycles. The van der Waals surface area contributed by atoms with Crippen molar-refractivity contribution in [3.05, 3.63) is 0 Å². The molecule has 0 radical (unpaired) electrons. The van der Waals surface area contributed by atoms with E-state index in [9.17, 15) is 0 Å². The third-order valence-corrected chi connectivity index (χ3v) is 3.44. The third kappa shape index (κ3) is 1.09. The normalized spacial score (nSPS) is 30.3. The second-order valence-electron chi connectivity index (χ2n) is 3.98. The summed E-state index contributed by atoms with van der Waals surface area (Å²) in [5, 5.41) is 0. The highest BCUT2D eigenvalue weighted by molar-refractivity contribution is 4.99. The van der Waals surface area contributed by atoms with Crippen LogP contribution in [0.2, 0.25) is 0 Å². The smallest absolute Gasteiger partial charge is 0.0331 e. The van der Waals surface area contributed by atoms with E-state index in [1.165, 1.54) is 45.2 Å². The van der Waals surface area contributed by atoms with Crippen molar-refractivity contribution in [1.29, 1.82) is 0 Å². The third-order valence-electron chi connectivity index (χ3n) is 3.44. The lowest BCUT2D eigenvalue weighted by Gasteiger charge is -2.48. The van der Waals surface area contributed by atoms with Gasteiger partial charge in [-0.15, -0.1) is 0 Å². The largest absolute Gasteiger partial charge is 0.329 e. The van der Waals surface area contributed by atoms with Gasteiger partial charge in [0.15, 0.2) is 0 Å². The summed E-state index contributed by atoms with van der Waals surface area (Å²) in [6.45, 7) is 3.49. The maximum Gasteiger partial charge on any atom is 0.0331 e. The minimum absolute atomic E-state index is 0.455. The predicted molar refractivity (Wildman–Crippen MR) is 46.4 cm³/mol. The van der Waals surface area contributed by atoms with E-state index in [1.54, 1.807) is 0 Å². The zero-order valence-electron chi connectivity index (χ0n) is 7.18. The van der Waals surface area contributed by atoms with E-state index in [2.05, 4.69) is 4.90 Å². The first kappa shape index (κ1) is 7.56. The van der Waals surface area contributed by atoms with Gasteiger partial charge in [0, 0.05) is 12.1 Å². The number of hydrogen-bond acceptors (Lipinski definition) is 2. The second kappa shape index (κ2) is 2.76. The first-order valence-corrected chi connectivity index (χ1v) is 4.82. The van der Waals surface area contributed by atoms with Crippen LogP contribution in [0.5, 0.6) is 0 Å². The second-order valence-corrected chi connectivity index (χ2v) is 3.98. The molecule has 2 N–H and O–H groups in total. The van der Waals surface area contributed by atoms with Crippen molar-refractivity contribution in [1.82, 2.24) is 4.90 Å². The van der Waals surface area contributed by atoms with Crippen molar-refractivity contribution in [2.24, 2.45) is 5.73 Å². The molecule has 0 spiro atoms. The highest BCUT2D eigenvalue weighted by Crippen LogP contribution is 2.38. The first-order valence-electron chi connectivity index (χ1n) is 4.82. The van der Waals surface area contributed by atoms with Gasteiger partial charge in [-0.25, -0.2) is 0 Å². The van der Waals surface area contributed by atoms with Crippen LogP contribution < -0.4 is 5.73 Å². The molecule has 1 heterocycles. The maximum absolute atomic E-state index is 5.81. The average molecular weight is 154 g/mol. The highest BCUT2D eigenvalue weighted by atomic mass is 15.2. The molecule has 0 aromatic heterocycles. The molecule has 64 valence electrons. The van der Waals surface area contributed by atoms with E-state index < -0.39 is 0 Å². The Morgan fingerprint density at radius 3 is 2.09 bits per heavy atom. The number of likely N-dealkylation sites (tertiary alicyclic amines) is 1. The molecular formula is C9H18N2. The monoisotopic (exact) mass is 154 g/mol. The Morgan fingerprint density at radius 1 is 1.09 bits per heavy atom. The molecule has 0 aromatic carbocycles. The zero-order chi connectivity index (χ0) is 7.73. The van der Waals surface area contributed by atoms with Gasteiger partial charge in [-0.3, -0.25) is 4.90 Å². The SMILES string of the molecule is NCC1(N2CCCC2)CCC1. The van der Waals surface area contributed by atoms with E-state index >= 15 is 0 Å². The van der Waals surface area contributed by atoms with Crippen LogP contribution in [0.3, 0.4) is 0 Å². The van der Waals surface area contributed by atoms with E-state index in [-0.39, 0.29) is 0 Å². The number of rotatable bonds is 2. The van der Waals surface area contributed by atoms with E-state index in [4.69, 9.17) is 5.73 Å². The fourth-order valence-electron chi connectivity index (χ4n) is 2.43. The topological polar surface area (TPSA) is 29.3 Å². The lowest BCUT2D eigenvalue weighted by atomic mass is 9.75. The number of nitrogens with two attached hydrogens (primary N) is 1. The molecule has 0 atom stereocenters. The molecule has 11 heavy (non-hydrogen) atoms. The lowest BCUT2D eigenvalue weighted by Crippen LogP contribution is -2.57. The Hall–Kier alpha value is -0.0800. The maximum atomic E-state index is 5.81. The molecule has 0 unspecified atom stereocenters. The standard InChI is InChI=1S/C9H18N2/c10-8-9(4-3-5-9)11-6-1-2-7-11/h1-8,10H2. The summed E-state index contributed by atoms with van der Waals surface area (Å²) in [4.78, 5) is 2.62. The molecule has 1 saturated carbocycles. The highest BCUT2D eigenvalue weighted by Gasteiger charge is 2.41. The summed E-state index contributed by atoms with van der Waals surface area (Å²) in [6.07, 6.45) is 6.88. The van der Waals surface area contributed by atoms with Crippen LogP contribution in [0.4, 0.5) is 0 Å². The molecule has 1 aliphatic carbocycles. The van der Waals surface area contributed by atoms with Gasteiger partial charge in [-0.05, 0) is 45.2 Å². The van der Waals surface area contributed by atoms with Gasteiger partial charge in [0.05, 0.1) is 0 Å². The Labute approximate surface area is 68.7 Å². The van der Waals surface area contributed by atoms with Crippen molar-refractivity contribution in [3.8, 4) is 0 Å². The van der Waals surface area contributed by atoms with Crippen LogP contribution in [-0.2, 0) is 0 Å². The van der Waals surface area contributed by atoms with Crippen LogP contribution in [-0.4, -0.2) is 30.1 Å². The van der Waals surface area contributed by atoms with Crippen molar-refractivity contribution in [3.63, 3.8) is 0 Å². The molecule has 2 nitrogen and oxygen atoms in total. The summed E-state index contributed by atoms with van der Waals surface area (Å²) in [5.74, 6) is 0. The summed E-state index contributed by atoms with van der Waals surface area (Å²) in [6, 6.07) is 0. The molecule has 0 bridgehead atoms. The van der Waals surface area contributed by atoms with Crippen molar-refractivity contribution in [2.75, 3.05) is 19.6 Å². The zero-order valence-corrected chi connectivity index (χ0v) is 7.18. The minimum atomic E-state index is 0.455. The molecule has 2 fully saturated rings. The van der Waals surface area contributed by atoms with Gasteiger partial charge < -0.3 is 5.73 Å². The fourth-order valence-corrected chi connectivity index (χ4v) is 2.43. The fraction of sp³-hybridized carbons (Fsp3) is 1.00. The molecule has 2 aliphatic rings. The van der Waals surface area contributed by atoms with Crippen LogP contribution >= 0.6 is 0 Å². The minimum Gasteiger partial charge on any atom is -0.329 e. The molecular weight excluding hydrogens is 136 g/mol. The van der Waals surface area contributed by atoms with Crippen LogP contribution in [0.1, 0.15) is 32.1 Å². The van der Waals surface area contributed by atoms with Crippen molar-refractivity contribution in [2.45, 2.75) is 37.6 Å². The van der Waals surface area contributed by atoms with Crippen LogP contribution in [0, 0.1) is 0 Å². The molecule has 0 amide bonds. The predicted octanol–water partition coefficient (Wildman–Crippen LogP) is 0.964. The van der Waals surface area contributed by atoms with E-state index in [1.807, 2.05) is 0 Å². The molecule has 1 saturated heterocycles. The Morgan fingerprint density at radius 2 is 1.73 bits per heavy atom. The lowest BCUT2D eigenvalue weighted by molar-refractivity contribution is 0.0444. The molecule has 2 rings (SSSR count). The Balaban J connectivity index is 1.99. The van der Waals surface area contributed by atoms with Crippen LogP contribution in [0.25, 0.3) is 0 Å². The van der Waals surface area contributed by atoms with E-state index in [0.29, 0.717) is 5.54 Å². The van der Waals surface area contributed by atoms with Crippen molar-refractivity contribution < 1.29 is 0 Å². The average Bonchev–Trinajstić information content (AvgIpc) is 2.39. The van der Waals surface area contributed by atoms with Gasteiger partial charge in [-0.2, -0.15) is 0 Å². The van der Waals surface area contributed by atoms with Gasteiger partial charge in [0.2, 0.25) is 0 Å². The van der Waals surface area contributed by atoms with Crippen LogP contribution in [0.15, 0.2) is 0 Å². The summed E-state index contributed by atoms with van der Waals surface area (Å²) in [7, 11) is 0. The first-order chi connectivity index (χ1) is 5.37. The number of nitrogens with zero attached hydrogens (tertiary/aromatic N) is 1. The Kier molecular flexibility index (Phi) is 1.90. The summed E-state index contributed by atoms with van der Waals surface area (Å²) >= 11 is 0. The van der Waals surface area contributed by atoms with Gasteiger partial charge in [-0.1, -0.05) is 0 Å². The summed E-state index contributed by atoms with van der Waals surface area (Å²) < 4.78 is 0. The van der Waals surface area contributed by atoms with E-state index in [0.717, 1.165) is 6.54 Å². The van der Waals surface area contributed by atoms with Crippen molar-refractivity contribution >= 4 is 0 Å². The summed E-state index contributed by atoms with van der Waals surface area (Å²) in [5.41, 5.74) is 6.26. The van der Waals surface area contributed by atoms with Gasteiger partial charge >= 0.3 is 0 Å². The number of hydrogen-bond donors (Lipinski definition) is 1. The molecule has 0 aromatic rings. The Bertz CT molecular complexity index is 129. The quantitative estimate of drug-likeness (QED) is 0.642. The molecule has 2 heteroatoms.